The highest BCUT2D eigenvalue weighted by atomic mass is 32.1. The van der Waals surface area contributed by atoms with Crippen molar-refractivity contribution < 1.29 is 38.1 Å². The molecule has 1 aliphatic heterocycles. The van der Waals surface area contributed by atoms with Crippen molar-refractivity contribution in [3.63, 3.8) is 0 Å². The van der Waals surface area contributed by atoms with Gasteiger partial charge in [0.15, 0.2) is 28.1 Å². The van der Waals surface area contributed by atoms with Gasteiger partial charge in [-0.05, 0) is 63.1 Å². The summed E-state index contributed by atoms with van der Waals surface area (Å²) in [5.74, 6) is -1.51. The van der Waals surface area contributed by atoms with Gasteiger partial charge in [0, 0.05) is 0 Å². The smallest absolute Gasteiger partial charge is 0.350 e. The van der Waals surface area contributed by atoms with Crippen LogP contribution >= 0.6 is 11.3 Å². The van der Waals surface area contributed by atoms with Crippen molar-refractivity contribution >= 4 is 34.1 Å². The molecule has 1 N–H and O–H groups in total. The van der Waals surface area contributed by atoms with E-state index < -0.39 is 29.5 Å². The lowest BCUT2D eigenvalue weighted by molar-refractivity contribution is -0.117. The number of hydrogen-bond donors (Lipinski definition) is 1. The number of nitrogens with zero attached hydrogens (tertiary/aromatic N) is 2. The molecule has 0 fully saturated rings. The molecule has 0 spiro atoms. The number of rotatable bonds is 11. The molecule has 2 aromatic carbocycles. The van der Waals surface area contributed by atoms with Crippen LogP contribution in [-0.4, -0.2) is 41.0 Å². The maximum absolute atomic E-state index is 13.7. The van der Waals surface area contributed by atoms with E-state index in [1.807, 2.05) is 37.3 Å². The lowest BCUT2D eigenvalue weighted by Gasteiger charge is -2.25. The summed E-state index contributed by atoms with van der Waals surface area (Å²) < 4.78 is 22.7. The normalized spacial score (nSPS) is 14.7. The van der Waals surface area contributed by atoms with Crippen LogP contribution in [0.2, 0.25) is 0 Å². The number of ether oxygens (including phenoxy) is 3. The summed E-state index contributed by atoms with van der Waals surface area (Å²) in [5.41, 5.74) is 1.58. The van der Waals surface area contributed by atoms with Crippen molar-refractivity contribution in [2.75, 3.05) is 18.1 Å². The molecule has 3 heterocycles. The fourth-order valence-corrected chi connectivity index (χ4v) is 5.72. The molecule has 5 rings (SSSR count). The maximum atomic E-state index is 13.7. The fourth-order valence-electron chi connectivity index (χ4n) is 4.73. The Bertz CT molecular complexity index is 1710. The number of hydrogen-bond acceptors (Lipinski definition) is 10. The number of carbonyl (C=O) groups is 3. The van der Waals surface area contributed by atoms with Crippen molar-refractivity contribution in [1.82, 2.24) is 4.98 Å². The Labute approximate surface area is 252 Å². The number of aromatic nitrogens is 1. The van der Waals surface area contributed by atoms with Crippen molar-refractivity contribution in [3.8, 4) is 11.5 Å². The van der Waals surface area contributed by atoms with Gasteiger partial charge in [0.25, 0.3) is 5.91 Å². The van der Waals surface area contributed by atoms with Gasteiger partial charge in [-0.1, -0.05) is 47.7 Å². The van der Waals surface area contributed by atoms with Gasteiger partial charge >= 0.3 is 5.97 Å². The first-order valence-electron chi connectivity index (χ1n) is 13.7. The fraction of sp³-hybridized carbons (Fsp3) is 0.250. The summed E-state index contributed by atoms with van der Waals surface area (Å²) in [7, 11) is 0. The number of amides is 1. The molecule has 1 amide bonds. The average Bonchev–Trinajstić information content (AvgIpc) is 3.68. The highest BCUT2D eigenvalue weighted by Gasteiger charge is 2.47. The lowest BCUT2D eigenvalue weighted by Crippen LogP contribution is -2.31. The zero-order valence-electron chi connectivity index (χ0n) is 24.1. The third-order valence-electron chi connectivity index (χ3n) is 6.69. The molecular formula is C32H30N2O8S. The van der Waals surface area contributed by atoms with Crippen LogP contribution in [0.3, 0.4) is 0 Å². The Morgan fingerprint density at radius 2 is 1.77 bits per heavy atom. The molecule has 43 heavy (non-hydrogen) atoms. The van der Waals surface area contributed by atoms with Crippen LogP contribution in [0.5, 0.6) is 11.5 Å². The molecule has 4 aromatic rings. The van der Waals surface area contributed by atoms with Crippen LogP contribution in [0.1, 0.15) is 62.7 Å². The summed E-state index contributed by atoms with van der Waals surface area (Å²) in [4.78, 5) is 45.8. The van der Waals surface area contributed by atoms with Gasteiger partial charge in [0.2, 0.25) is 5.78 Å². The molecule has 0 saturated heterocycles. The Hall–Kier alpha value is -4.90. The first kappa shape index (κ1) is 29.6. The molecule has 11 heteroatoms. The lowest BCUT2D eigenvalue weighted by atomic mass is 9.95. The van der Waals surface area contributed by atoms with Crippen LogP contribution in [0.15, 0.2) is 76.4 Å². The molecule has 0 bridgehead atoms. The van der Waals surface area contributed by atoms with E-state index >= 15 is 0 Å². The second kappa shape index (κ2) is 12.5. The topological polar surface area (TPSA) is 128 Å². The number of carbonyl (C=O) groups excluding carboxylic acids is 3. The molecule has 1 unspecified atom stereocenters. The van der Waals surface area contributed by atoms with Crippen molar-refractivity contribution in [1.29, 1.82) is 0 Å². The van der Waals surface area contributed by atoms with Gasteiger partial charge < -0.3 is 23.7 Å². The quantitative estimate of drug-likeness (QED) is 0.156. The molecule has 0 saturated carbocycles. The highest BCUT2D eigenvalue weighted by Crippen LogP contribution is 2.45. The predicted octanol–water partition coefficient (Wildman–Crippen LogP) is 6.29. The molecule has 0 radical (unpaired) electrons. The second-order valence-corrected chi connectivity index (χ2v) is 10.6. The number of aliphatic hydroxyl groups is 1. The molecule has 0 aliphatic carbocycles. The van der Waals surface area contributed by atoms with E-state index in [1.165, 1.54) is 11.0 Å². The molecular weight excluding hydrogens is 572 g/mol. The monoisotopic (exact) mass is 602 g/mol. The SMILES string of the molecule is CCOC(=O)c1sc(N2C(=O)C(O)=C(C(=O)c3ccc(C)o3)C2c2ccc(OCc3ccccc3)c(OCC)c2)nc1C. The maximum Gasteiger partial charge on any atom is 0.350 e. The minimum Gasteiger partial charge on any atom is -0.503 e. The van der Waals surface area contributed by atoms with E-state index in [0.29, 0.717) is 41.7 Å². The van der Waals surface area contributed by atoms with E-state index in [1.54, 1.807) is 45.0 Å². The number of Topliss-reactive ketones (excluding diaryl/α,β-unsaturated/α-hetero) is 1. The number of ketones is 1. The number of esters is 1. The van der Waals surface area contributed by atoms with E-state index in [-0.39, 0.29) is 27.9 Å². The van der Waals surface area contributed by atoms with Gasteiger partial charge in [0.05, 0.1) is 30.5 Å². The van der Waals surface area contributed by atoms with E-state index in [4.69, 9.17) is 18.6 Å². The van der Waals surface area contributed by atoms with Crippen LogP contribution in [0.25, 0.3) is 0 Å². The van der Waals surface area contributed by atoms with Gasteiger partial charge in [-0.3, -0.25) is 14.5 Å². The van der Waals surface area contributed by atoms with Crippen molar-refractivity contribution in [2.24, 2.45) is 0 Å². The van der Waals surface area contributed by atoms with E-state index in [9.17, 15) is 19.5 Å². The number of thiazole rings is 1. The first-order chi connectivity index (χ1) is 20.7. The number of benzene rings is 2. The minimum atomic E-state index is -1.12. The Kier molecular flexibility index (Phi) is 8.63. The zero-order chi connectivity index (χ0) is 30.7. The standard InChI is InChI=1S/C32H30N2O8S/c1-5-39-24-16-21(13-15-22(24)41-17-20-10-8-7-9-11-20)26-25(27(35)23-14-12-18(3)42-23)28(36)30(37)34(26)32-33-19(4)29(43-32)31(38)40-6-2/h7-16,26,36H,5-6,17H2,1-4H3. The van der Waals surface area contributed by atoms with Gasteiger partial charge in [-0.25, -0.2) is 9.78 Å². The molecule has 1 atom stereocenters. The van der Waals surface area contributed by atoms with Crippen LogP contribution in [0, 0.1) is 13.8 Å². The number of aryl methyl sites for hydroxylation is 2. The summed E-state index contributed by atoms with van der Waals surface area (Å²) in [6.45, 7) is 7.62. The minimum absolute atomic E-state index is 0.0333. The number of furan rings is 1. The Morgan fingerprint density at radius 1 is 1.00 bits per heavy atom. The van der Waals surface area contributed by atoms with Crippen LogP contribution < -0.4 is 14.4 Å². The highest BCUT2D eigenvalue weighted by molar-refractivity contribution is 7.17. The van der Waals surface area contributed by atoms with E-state index in [2.05, 4.69) is 4.98 Å². The molecule has 2 aromatic heterocycles. The largest absolute Gasteiger partial charge is 0.503 e. The van der Waals surface area contributed by atoms with E-state index in [0.717, 1.165) is 16.9 Å². The molecule has 10 nitrogen and oxygen atoms in total. The first-order valence-corrected chi connectivity index (χ1v) is 14.5. The summed E-state index contributed by atoms with van der Waals surface area (Å²) in [6.07, 6.45) is 0. The second-order valence-electron chi connectivity index (χ2n) is 9.62. The number of anilines is 1. The summed E-state index contributed by atoms with van der Waals surface area (Å²) >= 11 is 0.937. The van der Waals surface area contributed by atoms with Gasteiger partial charge in [0.1, 0.15) is 17.2 Å². The van der Waals surface area contributed by atoms with Crippen LogP contribution in [-0.2, 0) is 16.1 Å². The third kappa shape index (κ3) is 5.89. The van der Waals surface area contributed by atoms with Crippen molar-refractivity contribution in [2.45, 2.75) is 40.3 Å². The molecule has 1 aliphatic rings. The Balaban J connectivity index is 1.60. The van der Waals surface area contributed by atoms with Gasteiger partial charge in [-0.2, -0.15) is 0 Å². The third-order valence-corrected chi connectivity index (χ3v) is 7.83. The predicted molar refractivity (Wildman–Crippen MR) is 159 cm³/mol. The number of aliphatic hydroxyl groups excluding tert-OH is 1. The van der Waals surface area contributed by atoms with Crippen molar-refractivity contribution in [3.05, 3.63) is 105 Å². The van der Waals surface area contributed by atoms with Gasteiger partial charge in [-0.15, -0.1) is 0 Å². The average molecular weight is 603 g/mol. The zero-order valence-corrected chi connectivity index (χ0v) is 24.9. The summed E-state index contributed by atoms with van der Waals surface area (Å²) in [6, 6.07) is 16.7. The summed E-state index contributed by atoms with van der Waals surface area (Å²) in [5, 5.41) is 11.2. The molecule has 222 valence electrons. The van der Waals surface area contributed by atoms with Crippen LogP contribution in [0.4, 0.5) is 5.13 Å². The Morgan fingerprint density at radius 3 is 2.44 bits per heavy atom.